The van der Waals surface area contributed by atoms with Crippen LogP contribution < -0.4 is 13.9 Å². The standard InChI is InChI=1S/C56H57N4O/c1-36-27-40(55(6,7)8)28-37(2)53(36)38-17-16-18-42(29-38)59-35-60(59,51-22-15-14-21-50(51)59)43-30-41(56(9,10)11)31-45(33-43)61-44-23-24-47-46-19-12-13-20-48(46)58(49(47)34-44)52-32-39(25-26-57-52)54(3,4)5/h12-35H,1-11H3/q+1/t59?,60-/m1/s1. The molecule has 0 spiro atoms. The molecule has 10 rings (SSSR count). The summed E-state index contributed by atoms with van der Waals surface area (Å²) >= 11 is 0. The molecule has 2 aromatic heterocycles. The van der Waals surface area contributed by atoms with E-state index in [0.717, 1.165) is 28.4 Å². The van der Waals surface area contributed by atoms with E-state index in [1.807, 2.05) is 6.20 Å². The van der Waals surface area contributed by atoms with E-state index >= 15 is 0 Å². The average molecular weight is 802 g/mol. The third kappa shape index (κ3) is 6.00. The van der Waals surface area contributed by atoms with Gasteiger partial charge in [0.2, 0.25) is 11.4 Å². The fourth-order valence-electron chi connectivity index (χ4n) is 9.86. The summed E-state index contributed by atoms with van der Waals surface area (Å²) in [5.41, 5.74) is 16.3. The van der Waals surface area contributed by atoms with Crippen molar-refractivity contribution in [1.82, 2.24) is 18.7 Å². The number of hydrogen-bond donors (Lipinski definition) is 0. The van der Waals surface area contributed by atoms with Crippen LogP contribution in [-0.2, 0) is 16.2 Å². The normalized spacial score (nSPS) is 18.5. The molecular weight excluding hydrogens is 745 g/mol. The molecule has 1 fully saturated rings. The average Bonchev–Trinajstić information content (AvgIpc) is 3.70. The number of ether oxygens (including phenoxy) is 1. The molecule has 61 heavy (non-hydrogen) atoms. The van der Waals surface area contributed by atoms with Crippen LogP contribution in [0.1, 0.15) is 90.1 Å². The van der Waals surface area contributed by atoms with Crippen molar-refractivity contribution in [2.24, 2.45) is 0 Å². The van der Waals surface area contributed by atoms with Gasteiger partial charge >= 0.3 is 0 Å². The van der Waals surface area contributed by atoms with Crippen LogP contribution in [0.4, 0.5) is 22.7 Å². The van der Waals surface area contributed by atoms with Crippen LogP contribution in [0.3, 0.4) is 0 Å². The van der Waals surface area contributed by atoms with Gasteiger partial charge in [0.05, 0.1) is 11.0 Å². The van der Waals surface area contributed by atoms with Crippen molar-refractivity contribution < 1.29 is 4.74 Å². The zero-order valence-electron chi connectivity index (χ0n) is 37.6. The van der Waals surface area contributed by atoms with Crippen molar-refractivity contribution in [1.29, 1.82) is 0 Å². The summed E-state index contributed by atoms with van der Waals surface area (Å²) in [4.78, 5) is 4.91. The Kier molecular flexibility index (Phi) is 8.50. The Labute approximate surface area is 361 Å². The first-order chi connectivity index (χ1) is 28.9. The van der Waals surface area contributed by atoms with E-state index in [1.165, 1.54) is 72.5 Å². The number of pyridine rings is 1. The van der Waals surface area contributed by atoms with Crippen molar-refractivity contribution in [3.8, 4) is 28.4 Å². The first-order valence-corrected chi connectivity index (χ1v) is 21.7. The van der Waals surface area contributed by atoms with Gasteiger partial charge in [0, 0.05) is 59.4 Å². The van der Waals surface area contributed by atoms with Crippen LogP contribution >= 0.6 is 0 Å². The number of para-hydroxylation sites is 3. The molecule has 2 atom stereocenters. The number of benzene rings is 6. The summed E-state index contributed by atoms with van der Waals surface area (Å²) in [5.74, 6) is 2.52. The van der Waals surface area contributed by atoms with E-state index in [9.17, 15) is 0 Å². The van der Waals surface area contributed by atoms with Gasteiger partial charge in [0.1, 0.15) is 17.3 Å². The molecule has 0 bridgehead atoms. The molecule has 0 radical (unpaired) electrons. The maximum Gasteiger partial charge on any atom is 0.225 e. The zero-order valence-corrected chi connectivity index (χ0v) is 37.6. The Morgan fingerprint density at radius 3 is 1.82 bits per heavy atom. The zero-order chi connectivity index (χ0) is 42.9. The fourth-order valence-corrected chi connectivity index (χ4v) is 9.86. The van der Waals surface area contributed by atoms with Gasteiger partial charge in [0.15, 0.2) is 18.0 Å². The van der Waals surface area contributed by atoms with Crippen LogP contribution in [-0.4, -0.2) is 9.55 Å². The summed E-state index contributed by atoms with van der Waals surface area (Å²) in [6.07, 6.45) is 1.93. The molecule has 2 aliphatic rings. The van der Waals surface area contributed by atoms with Crippen LogP contribution in [0.15, 0.2) is 140 Å². The molecule has 5 heteroatoms. The van der Waals surface area contributed by atoms with E-state index in [4.69, 9.17) is 9.72 Å². The van der Waals surface area contributed by atoms with Crippen molar-refractivity contribution in [3.63, 3.8) is 0 Å². The number of nitrogens with zero attached hydrogens (tertiary/aromatic N) is 4. The number of aromatic nitrogens is 2. The lowest BCUT2D eigenvalue weighted by molar-refractivity contribution is 0.422. The number of fused-ring (bicyclic) bond motifs is 7. The van der Waals surface area contributed by atoms with Crippen molar-refractivity contribution in [3.05, 3.63) is 174 Å². The summed E-state index contributed by atoms with van der Waals surface area (Å²) in [6, 6.07) is 49.3. The minimum atomic E-state index is -0.114. The Bertz CT molecular complexity index is 3050. The highest BCUT2D eigenvalue weighted by Gasteiger charge is 2.78. The minimum Gasteiger partial charge on any atom is -0.457 e. The van der Waals surface area contributed by atoms with Gasteiger partial charge in [0.25, 0.3) is 0 Å². The lowest BCUT2D eigenvalue weighted by Crippen LogP contribution is -2.46. The van der Waals surface area contributed by atoms with Crippen molar-refractivity contribution in [2.75, 3.05) is 0 Å². The Morgan fingerprint density at radius 1 is 0.508 bits per heavy atom. The summed E-state index contributed by atoms with van der Waals surface area (Å²) in [7, 11) is 0. The van der Waals surface area contributed by atoms with E-state index in [2.05, 4.69) is 221 Å². The van der Waals surface area contributed by atoms with E-state index < -0.39 is 0 Å². The first kappa shape index (κ1) is 39.1. The number of hydrogen-bond acceptors (Lipinski definition) is 2. The third-order valence-corrected chi connectivity index (χ3v) is 13.2. The van der Waals surface area contributed by atoms with Gasteiger partial charge in [-0.3, -0.25) is 4.57 Å². The van der Waals surface area contributed by atoms with Gasteiger partial charge in [-0.25, -0.2) is 4.98 Å². The Hall–Kier alpha value is -6.01. The second-order valence-corrected chi connectivity index (χ2v) is 20.5. The summed E-state index contributed by atoms with van der Waals surface area (Å²) < 4.78 is 10.5. The molecule has 1 unspecified atom stereocenters. The number of aryl methyl sites for hydroxylation is 2. The van der Waals surface area contributed by atoms with Crippen LogP contribution in [0.5, 0.6) is 11.5 Å². The van der Waals surface area contributed by atoms with Crippen molar-refractivity contribution >= 4 is 44.6 Å². The molecule has 4 heterocycles. The predicted molar refractivity (Wildman–Crippen MR) is 256 cm³/mol. The van der Waals surface area contributed by atoms with Gasteiger partial charge in [-0.2, -0.15) is 9.18 Å². The quantitative estimate of drug-likeness (QED) is 0.0951. The highest BCUT2D eigenvalue weighted by atomic mass is 16.5. The van der Waals surface area contributed by atoms with E-state index in [1.54, 1.807) is 0 Å². The van der Waals surface area contributed by atoms with Crippen LogP contribution in [0, 0.1) is 20.5 Å². The van der Waals surface area contributed by atoms with Gasteiger partial charge in [-0.1, -0.05) is 117 Å². The molecule has 0 N–H and O–H groups in total. The lowest BCUT2D eigenvalue weighted by atomic mass is 9.82. The topological polar surface area (TPSA) is 27.1 Å². The monoisotopic (exact) mass is 801 g/mol. The third-order valence-electron chi connectivity index (χ3n) is 13.2. The van der Waals surface area contributed by atoms with E-state index in [0.29, 0.717) is 9.18 Å². The smallest absolute Gasteiger partial charge is 0.225 e. The van der Waals surface area contributed by atoms with Crippen molar-refractivity contribution in [2.45, 2.75) is 92.4 Å². The van der Waals surface area contributed by atoms with Gasteiger partial charge in [-0.15, -0.1) is 0 Å². The first-order valence-electron chi connectivity index (χ1n) is 21.7. The minimum absolute atomic E-state index is 0.00595. The molecule has 2 aliphatic heterocycles. The molecule has 1 saturated heterocycles. The maximum atomic E-state index is 7.01. The summed E-state index contributed by atoms with van der Waals surface area (Å²) in [6.45, 7) is 27.5. The lowest BCUT2D eigenvalue weighted by Gasteiger charge is -2.40. The summed E-state index contributed by atoms with van der Waals surface area (Å²) in [5, 5.41) is 2.36. The second-order valence-electron chi connectivity index (χ2n) is 20.5. The molecule has 0 amide bonds. The highest BCUT2D eigenvalue weighted by Crippen LogP contribution is 2.75. The highest BCUT2D eigenvalue weighted by molar-refractivity contribution is 6.09. The molecule has 0 aliphatic carbocycles. The van der Waals surface area contributed by atoms with Gasteiger partial charge in [-0.05, 0) is 105 Å². The predicted octanol–water partition coefficient (Wildman–Crippen LogP) is 15.5. The molecule has 0 saturated carbocycles. The molecule has 5 nitrogen and oxygen atoms in total. The van der Waals surface area contributed by atoms with E-state index in [-0.39, 0.29) is 16.2 Å². The number of quaternary nitrogens is 2. The Morgan fingerprint density at radius 2 is 1.13 bits per heavy atom. The Balaban J connectivity index is 1.08. The molecule has 306 valence electrons. The largest absolute Gasteiger partial charge is 0.457 e. The fraction of sp³-hybridized carbons (Fsp3) is 0.250. The van der Waals surface area contributed by atoms with Crippen LogP contribution in [0.25, 0.3) is 38.8 Å². The maximum absolute atomic E-state index is 7.01. The SMILES string of the molecule is Cc1cc(C(C)(C)C)cc(C)c1-c1cccc([N+]23[CH-][N@@+]2(c2cc(Oc4ccc5c6ccccc6n(-c6cc(C(C)(C)C)ccn6)c5c4)cc(C(C)(C)C)c2)c2ccccc23)c1. The molecule has 6 aromatic carbocycles. The van der Waals surface area contributed by atoms with Crippen LogP contribution in [0.2, 0.25) is 0 Å². The number of rotatable bonds is 6. The van der Waals surface area contributed by atoms with Gasteiger partial charge < -0.3 is 4.74 Å². The molecule has 8 aromatic rings. The molecular formula is C56H57N4O+. The second kappa shape index (κ2) is 13.2.